The van der Waals surface area contributed by atoms with Gasteiger partial charge in [-0.05, 0) is 30.4 Å². The number of hydrogen-bond donors (Lipinski definition) is 0. The van der Waals surface area contributed by atoms with Crippen molar-refractivity contribution >= 4 is 5.91 Å². The predicted molar refractivity (Wildman–Crippen MR) is 94.8 cm³/mol. The van der Waals surface area contributed by atoms with Crippen LogP contribution in [0.4, 0.5) is 0 Å². The Bertz CT molecular complexity index is 728. The van der Waals surface area contributed by atoms with Gasteiger partial charge in [-0.15, -0.1) is 0 Å². The average Bonchev–Trinajstić information content (AvgIpc) is 3.37. The van der Waals surface area contributed by atoms with Crippen LogP contribution < -0.4 is 0 Å². The zero-order valence-corrected chi connectivity index (χ0v) is 14.7. The third-order valence-electron chi connectivity index (χ3n) is 5.28. The largest absolute Gasteiger partial charge is 0.341 e. The van der Waals surface area contributed by atoms with E-state index in [1.54, 1.807) is 6.20 Å². The van der Waals surface area contributed by atoms with Crippen LogP contribution in [0.25, 0.3) is 0 Å². The number of aryl methyl sites for hydroxylation is 1. The molecule has 1 saturated carbocycles. The maximum atomic E-state index is 12.8. The Morgan fingerprint density at radius 2 is 2.16 bits per heavy atom. The smallest absolute Gasteiger partial charge is 0.226 e. The van der Waals surface area contributed by atoms with Gasteiger partial charge in [-0.2, -0.15) is 5.10 Å². The minimum Gasteiger partial charge on any atom is -0.341 e. The van der Waals surface area contributed by atoms with Crippen LogP contribution >= 0.6 is 0 Å². The number of hydrogen-bond acceptors (Lipinski definition) is 4. The highest BCUT2D eigenvalue weighted by molar-refractivity contribution is 5.83. The van der Waals surface area contributed by atoms with E-state index in [1.165, 1.54) is 11.1 Å². The summed E-state index contributed by atoms with van der Waals surface area (Å²) in [6, 6.07) is 4.04. The van der Waals surface area contributed by atoms with E-state index in [0.29, 0.717) is 11.8 Å². The Kier molecular flexibility index (Phi) is 4.53. The Labute approximate surface area is 148 Å². The van der Waals surface area contributed by atoms with Gasteiger partial charge >= 0.3 is 0 Å². The summed E-state index contributed by atoms with van der Waals surface area (Å²) in [4.78, 5) is 21.5. The summed E-state index contributed by atoms with van der Waals surface area (Å²) in [5, 5.41) is 4.24. The van der Waals surface area contributed by atoms with Gasteiger partial charge in [0.2, 0.25) is 5.91 Å². The lowest BCUT2D eigenvalue weighted by molar-refractivity contribution is -0.132. The molecular formula is C19H25N5O. The molecule has 0 unspecified atom stereocenters. The van der Waals surface area contributed by atoms with Crippen molar-refractivity contribution in [2.45, 2.75) is 25.3 Å². The molecule has 2 aliphatic rings. The molecule has 25 heavy (non-hydrogen) atoms. The Morgan fingerprint density at radius 1 is 1.24 bits per heavy atom. The zero-order valence-electron chi connectivity index (χ0n) is 14.7. The van der Waals surface area contributed by atoms with Gasteiger partial charge < -0.3 is 4.90 Å². The van der Waals surface area contributed by atoms with Gasteiger partial charge in [0.1, 0.15) is 0 Å². The first-order valence-corrected chi connectivity index (χ1v) is 9.09. The Balaban J connectivity index is 1.31. The average molecular weight is 339 g/mol. The lowest BCUT2D eigenvalue weighted by Crippen LogP contribution is -2.36. The number of aromatic nitrogens is 3. The second kappa shape index (κ2) is 6.96. The summed E-state index contributed by atoms with van der Waals surface area (Å²) in [6.07, 6.45) is 9.69. The lowest BCUT2D eigenvalue weighted by Gasteiger charge is -2.22. The van der Waals surface area contributed by atoms with Crippen LogP contribution in [-0.2, 0) is 18.4 Å². The molecule has 1 aliphatic carbocycles. The van der Waals surface area contributed by atoms with Gasteiger partial charge in [0.15, 0.2) is 0 Å². The number of amides is 1. The molecule has 3 heterocycles. The number of carbonyl (C=O) groups is 1. The molecule has 2 aromatic heterocycles. The topological polar surface area (TPSA) is 54.3 Å². The van der Waals surface area contributed by atoms with E-state index in [1.807, 2.05) is 30.2 Å². The van der Waals surface area contributed by atoms with Gasteiger partial charge in [-0.25, -0.2) is 0 Å². The van der Waals surface area contributed by atoms with Gasteiger partial charge in [-0.3, -0.25) is 19.4 Å². The molecular weight excluding hydrogens is 314 g/mol. The van der Waals surface area contributed by atoms with Crippen molar-refractivity contribution in [1.29, 1.82) is 0 Å². The Hall–Kier alpha value is -2.21. The fraction of sp³-hybridized carbons (Fsp3) is 0.526. The van der Waals surface area contributed by atoms with E-state index in [4.69, 9.17) is 0 Å². The molecule has 1 aliphatic heterocycles. The van der Waals surface area contributed by atoms with E-state index in [-0.39, 0.29) is 5.92 Å². The van der Waals surface area contributed by atoms with Crippen molar-refractivity contribution in [3.8, 4) is 0 Å². The molecule has 6 heteroatoms. The van der Waals surface area contributed by atoms with Gasteiger partial charge in [0.25, 0.3) is 0 Å². The summed E-state index contributed by atoms with van der Waals surface area (Å²) in [7, 11) is 1.95. The molecule has 132 valence electrons. The summed E-state index contributed by atoms with van der Waals surface area (Å²) in [6.45, 7) is 4.59. The second-order valence-electron chi connectivity index (χ2n) is 7.21. The highest BCUT2D eigenvalue weighted by atomic mass is 16.2. The molecule has 2 fully saturated rings. The monoisotopic (exact) mass is 339 g/mol. The van der Waals surface area contributed by atoms with Crippen LogP contribution in [0.5, 0.6) is 0 Å². The van der Waals surface area contributed by atoms with E-state index in [2.05, 4.69) is 32.1 Å². The minimum atomic E-state index is 0.161. The third-order valence-corrected chi connectivity index (χ3v) is 5.28. The summed E-state index contributed by atoms with van der Waals surface area (Å²) in [5.41, 5.74) is 2.44. The standard InChI is InChI=1S/C19H25N5O/c1-22-13-15(11-21-22)14-23-6-3-7-24(9-8-23)19(25)18-10-17(18)16-4-2-5-20-12-16/h2,4-5,11-13,17-18H,3,6-10,14H2,1H3/t17-,18+/m1/s1. The number of nitrogens with zero attached hydrogens (tertiary/aromatic N) is 5. The van der Waals surface area contributed by atoms with Gasteiger partial charge in [0.05, 0.1) is 6.20 Å². The molecule has 6 nitrogen and oxygen atoms in total. The molecule has 0 radical (unpaired) electrons. The van der Waals surface area contributed by atoms with Crippen molar-refractivity contribution in [2.75, 3.05) is 26.2 Å². The number of carbonyl (C=O) groups excluding carboxylic acids is 1. The van der Waals surface area contributed by atoms with E-state index in [9.17, 15) is 4.79 Å². The molecule has 0 spiro atoms. The first-order chi connectivity index (χ1) is 12.2. The lowest BCUT2D eigenvalue weighted by atomic mass is 10.1. The molecule has 2 atom stereocenters. The number of pyridine rings is 1. The fourth-order valence-electron chi connectivity index (χ4n) is 3.83. The third kappa shape index (κ3) is 3.74. The van der Waals surface area contributed by atoms with Crippen LogP contribution in [0.1, 0.15) is 29.9 Å². The summed E-state index contributed by atoms with van der Waals surface area (Å²) >= 11 is 0. The normalized spacial score (nSPS) is 24.1. The van der Waals surface area contributed by atoms with Crippen LogP contribution in [0, 0.1) is 5.92 Å². The quantitative estimate of drug-likeness (QED) is 0.850. The molecule has 2 aromatic rings. The van der Waals surface area contributed by atoms with Crippen molar-refractivity contribution in [3.63, 3.8) is 0 Å². The van der Waals surface area contributed by atoms with Crippen LogP contribution in [0.3, 0.4) is 0 Å². The fourth-order valence-corrected chi connectivity index (χ4v) is 3.83. The van der Waals surface area contributed by atoms with E-state index in [0.717, 1.165) is 45.6 Å². The van der Waals surface area contributed by atoms with Crippen LogP contribution in [0.2, 0.25) is 0 Å². The van der Waals surface area contributed by atoms with Crippen LogP contribution in [-0.4, -0.2) is 56.7 Å². The highest BCUT2D eigenvalue weighted by Crippen LogP contribution is 2.48. The molecule has 0 bridgehead atoms. The van der Waals surface area contributed by atoms with Crippen LogP contribution in [0.15, 0.2) is 36.9 Å². The number of rotatable bonds is 4. The first-order valence-electron chi connectivity index (χ1n) is 9.09. The Morgan fingerprint density at radius 3 is 2.92 bits per heavy atom. The first kappa shape index (κ1) is 16.3. The maximum absolute atomic E-state index is 12.8. The predicted octanol–water partition coefficient (Wildman–Crippen LogP) is 1.65. The van der Waals surface area contributed by atoms with Crippen molar-refractivity contribution in [1.82, 2.24) is 24.6 Å². The zero-order chi connectivity index (χ0) is 17.2. The van der Waals surface area contributed by atoms with E-state index >= 15 is 0 Å². The molecule has 1 saturated heterocycles. The van der Waals surface area contributed by atoms with E-state index < -0.39 is 0 Å². The molecule has 1 amide bonds. The van der Waals surface area contributed by atoms with Crippen molar-refractivity contribution < 1.29 is 4.79 Å². The van der Waals surface area contributed by atoms with Gasteiger partial charge in [-0.1, -0.05) is 6.07 Å². The van der Waals surface area contributed by atoms with Crippen molar-refractivity contribution in [2.24, 2.45) is 13.0 Å². The molecule has 0 N–H and O–H groups in total. The summed E-state index contributed by atoms with van der Waals surface area (Å²) < 4.78 is 1.84. The molecule has 4 rings (SSSR count). The van der Waals surface area contributed by atoms with Crippen molar-refractivity contribution in [3.05, 3.63) is 48.0 Å². The minimum absolute atomic E-state index is 0.161. The van der Waals surface area contributed by atoms with Gasteiger partial charge in [0, 0.05) is 69.8 Å². The highest BCUT2D eigenvalue weighted by Gasteiger charge is 2.45. The summed E-state index contributed by atoms with van der Waals surface area (Å²) in [5.74, 6) is 0.863. The maximum Gasteiger partial charge on any atom is 0.226 e. The molecule has 0 aromatic carbocycles. The second-order valence-corrected chi connectivity index (χ2v) is 7.21. The SMILES string of the molecule is Cn1cc(CN2CCCN(C(=O)[C@H]3C[C@@H]3c3cccnc3)CC2)cn1.